The first kappa shape index (κ1) is 16.9. The molecule has 1 aromatic carbocycles. The normalized spacial score (nSPS) is 16.3. The van der Waals surface area contributed by atoms with Crippen LogP contribution in [0.4, 0.5) is 4.39 Å². The summed E-state index contributed by atoms with van der Waals surface area (Å²) in [7, 11) is -3.77. The Morgan fingerprint density at radius 2 is 1.88 bits per heavy atom. The third kappa shape index (κ3) is 3.17. The predicted molar refractivity (Wildman–Crippen MR) is 86.9 cm³/mol. The van der Waals surface area contributed by atoms with Crippen LogP contribution in [0.2, 0.25) is 5.02 Å². The van der Waals surface area contributed by atoms with Crippen LogP contribution in [-0.4, -0.2) is 54.7 Å². The first-order chi connectivity index (χ1) is 11.4. The van der Waals surface area contributed by atoms with Gasteiger partial charge in [-0.2, -0.15) is 4.31 Å². The Hall–Kier alpha value is -1.90. The Kier molecular flexibility index (Phi) is 4.62. The summed E-state index contributed by atoms with van der Waals surface area (Å²) in [5.41, 5.74) is 0.539. The molecule has 1 N–H and O–H groups in total. The molecule has 0 aliphatic carbocycles. The van der Waals surface area contributed by atoms with Crippen molar-refractivity contribution in [2.75, 3.05) is 26.2 Å². The number of sulfonamides is 1. The first-order valence-electron chi connectivity index (χ1n) is 7.27. The van der Waals surface area contributed by atoms with Crippen molar-refractivity contribution in [1.29, 1.82) is 0 Å². The van der Waals surface area contributed by atoms with Gasteiger partial charge in [-0.25, -0.2) is 12.8 Å². The number of carbonyl (C=O) groups is 1. The van der Waals surface area contributed by atoms with Crippen LogP contribution in [0, 0.1) is 5.82 Å². The van der Waals surface area contributed by atoms with Crippen LogP contribution in [0.5, 0.6) is 0 Å². The van der Waals surface area contributed by atoms with Crippen molar-refractivity contribution < 1.29 is 17.6 Å². The van der Waals surface area contributed by atoms with Crippen molar-refractivity contribution >= 4 is 27.5 Å². The van der Waals surface area contributed by atoms with Gasteiger partial charge in [0.05, 0.1) is 15.5 Å². The van der Waals surface area contributed by atoms with Gasteiger partial charge in [0.15, 0.2) is 0 Å². The number of piperazine rings is 1. The van der Waals surface area contributed by atoms with Crippen molar-refractivity contribution in [3.63, 3.8) is 0 Å². The van der Waals surface area contributed by atoms with Gasteiger partial charge in [-0.3, -0.25) is 4.79 Å². The lowest BCUT2D eigenvalue weighted by Crippen LogP contribution is -2.50. The molecule has 1 amide bonds. The number of rotatable bonds is 3. The Balaban J connectivity index is 1.71. The van der Waals surface area contributed by atoms with E-state index in [2.05, 4.69) is 4.98 Å². The average Bonchev–Trinajstić information content (AvgIpc) is 3.11. The van der Waals surface area contributed by atoms with Crippen LogP contribution in [-0.2, 0) is 10.0 Å². The maximum absolute atomic E-state index is 13.2. The maximum Gasteiger partial charge on any atom is 0.255 e. The summed E-state index contributed by atoms with van der Waals surface area (Å²) < 4.78 is 39.7. The fourth-order valence-corrected chi connectivity index (χ4v) is 4.25. The lowest BCUT2D eigenvalue weighted by Gasteiger charge is -2.33. The van der Waals surface area contributed by atoms with Crippen molar-refractivity contribution in [3.8, 4) is 0 Å². The van der Waals surface area contributed by atoms with E-state index in [0.717, 1.165) is 12.1 Å². The highest BCUT2D eigenvalue weighted by Gasteiger charge is 2.30. The van der Waals surface area contributed by atoms with Gasteiger partial charge in [0.1, 0.15) is 5.82 Å². The third-order valence-electron chi connectivity index (χ3n) is 3.90. The number of hydrogen-bond donors (Lipinski definition) is 1. The van der Waals surface area contributed by atoms with Crippen LogP contribution < -0.4 is 0 Å². The van der Waals surface area contributed by atoms with E-state index in [-0.39, 0.29) is 42.0 Å². The number of amides is 1. The maximum atomic E-state index is 13.2. The van der Waals surface area contributed by atoms with E-state index in [1.165, 1.54) is 10.4 Å². The van der Waals surface area contributed by atoms with Crippen molar-refractivity contribution in [1.82, 2.24) is 14.2 Å². The van der Waals surface area contributed by atoms with Crippen LogP contribution in [0.1, 0.15) is 10.4 Å². The SMILES string of the molecule is O=C(c1cc[nH]c1)N1CCN(S(=O)(=O)c2ccc(F)c(Cl)c2)CC1. The lowest BCUT2D eigenvalue weighted by molar-refractivity contribution is 0.0698. The molecule has 0 spiro atoms. The summed E-state index contributed by atoms with van der Waals surface area (Å²) >= 11 is 5.67. The van der Waals surface area contributed by atoms with E-state index in [1.54, 1.807) is 23.4 Å². The summed E-state index contributed by atoms with van der Waals surface area (Å²) in [6, 6.07) is 4.99. The van der Waals surface area contributed by atoms with Gasteiger partial charge >= 0.3 is 0 Å². The minimum absolute atomic E-state index is 0.0562. The smallest absolute Gasteiger partial charge is 0.255 e. The van der Waals surface area contributed by atoms with Crippen molar-refractivity contribution in [2.45, 2.75) is 4.90 Å². The van der Waals surface area contributed by atoms with Gasteiger partial charge in [0.25, 0.3) is 5.91 Å². The minimum Gasteiger partial charge on any atom is -0.367 e. The molecule has 2 aromatic rings. The van der Waals surface area contributed by atoms with E-state index in [1.807, 2.05) is 0 Å². The zero-order valence-electron chi connectivity index (χ0n) is 12.6. The summed E-state index contributed by atoms with van der Waals surface area (Å²) in [4.78, 5) is 16.6. The summed E-state index contributed by atoms with van der Waals surface area (Å²) in [6.45, 7) is 0.928. The molecule has 0 radical (unpaired) electrons. The highest BCUT2D eigenvalue weighted by molar-refractivity contribution is 7.89. The quantitative estimate of drug-likeness (QED) is 0.896. The average molecular weight is 372 g/mol. The molecular weight excluding hydrogens is 357 g/mol. The fraction of sp³-hybridized carbons (Fsp3) is 0.267. The number of nitrogens with one attached hydrogen (secondary N) is 1. The molecule has 2 heterocycles. The molecule has 0 saturated carbocycles. The number of hydrogen-bond acceptors (Lipinski definition) is 3. The van der Waals surface area contributed by atoms with Crippen LogP contribution >= 0.6 is 11.6 Å². The number of nitrogens with zero attached hydrogens (tertiary/aromatic N) is 2. The number of carbonyl (C=O) groups excluding carboxylic acids is 1. The standard InChI is InChI=1S/C15H15ClFN3O3S/c16-13-9-12(1-2-14(13)17)24(22,23)20-7-5-19(6-8-20)15(21)11-3-4-18-10-11/h1-4,9-10,18H,5-8H2. The molecule has 9 heteroatoms. The molecule has 0 bridgehead atoms. The Morgan fingerprint density at radius 1 is 1.17 bits per heavy atom. The van der Waals surface area contributed by atoms with Gasteiger partial charge in [-0.1, -0.05) is 11.6 Å². The van der Waals surface area contributed by atoms with E-state index in [9.17, 15) is 17.6 Å². The highest BCUT2D eigenvalue weighted by atomic mass is 35.5. The Morgan fingerprint density at radius 3 is 2.46 bits per heavy atom. The summed E-state index contributed by atoms with van der Waals surface area (Å²) in [6.07, 6.45) is 3.26. The van der Waals surface area contributed by atoms with Crippen molar-refractivity contribution in [3.05, 3.63) is 53.1 Å². The fourth-order valence-electron chi connectivity index (χ4n) is 2.56. The number of halogens is 2. The zero-order chi connectivity index (χ0) is 17.3. The second-order valence-corrected chi connectivity index (χ2v) is 7.72. The van der Waals surface area contributed by atoms with E-state index in [0.29, 0.717) is 5.56 Å². The Labute approximate surface area is 143 Å². The molecule has 24 heavy (non-hydrogen) atoms. The first-order valence-corrected chi connectivity index (χ1v) is 9.08. The molecule has 3 rings (SSSR count). The molecule has 1 aliphatic heterocycles. The van der Waals surface area contributed by atoms with Gasteiger partial charge < -0.3 is 9.88 Å². The molecule has 1 aliphatic rings. The molecule has 128 valence electrons. The highest BCUT2D eigenvalue weighted by Crippen LogP contribution is 2.23. The molecule has 0 unspecified atom stereocenters. The van der Waals surface area contributed by atoms with Crippen LogP contribution in [0.3, 0.4) is 0 Å². The lowest BCUT2D eigenvalue weighted by atomic mass is 10.2. The monoisotopic (exact) mass is 371 g/mol. The molecular formula is C15H15ClFN3O3S. The molecule has 6 nitrogen and oxygen atoms in total. The summed E-state index contributed by atoms with van der Waals surface area (Å²) in [5.74, 6) is -0.810. The largest absolute Gasteiger partial charge is 0.367 e. The van der Waals surface area contributed by atoms with E-state index >= 15 is 0 Å². The molecule has 1 saturated heterocycles. The number of aromatic amines is 1. The van der Waals surface area contributed by atoms with Crippen LogP contribution in [0.25, 0.3) is 0 Å². The van der Waals surface area contributed by atoms with Gasteiger partial charge in [-0.15, -0.1) is 0 Å². The Bertz CT molecular complexity index is 847. The molecule has 0 atom stereocenters. The molecule has 1 fully saturated rings. The number of H-pyrrole nitrogens is 1. The predicted octanol–water partition coefficient (Wildman–Crippen LogP) is 1.95. The second kappa shape index (κ2) is 6.54. The molecule has 1 aromatic heterocycles. The third-order valence-corrected chi connectivity index (χ3v) is 6.08. The van der Waals surface area contributed by atoms with Gasteiger partial charge in [0, 0.05) is 38.6 Å². The van der Waals surface area contributed by atoms with Gasteiger partial charge in [-0.05, 0) is 24.3 Å². The number of benzene rings is 1. The zero-order valence-corrected chi connectivity index (χ0v) is 14.1. The van der Waals surface area contributed by atoms with E-state index in [4.69, 9.17) is 11.6 Å². The van der Waals surface area contributed by atoms with Crippen LogP contribution in [0.15, 0.2) is 41.6 Å². The topological polar surface area (TPSA) is 73.5 Å². The second-order valence-electron chi connectivity index (χ2n) is 5.37. The van der Waals surface area contributed by atoms with Crippen molar-refractivity contribution in [2.24, 2.45) is 0 Å². The number of aromatic nitrogens is 1. The minimum atomic E-state index is -3.77. The van der Waals surface area contributed by atoms with Gasteiger partial charge in [0.2, 0.25) is 10.0 Å². The van der Waals surface area contributed by atoms with E-state index < -0.39 is 15.8 Å². The summed E-state index contributed by atoms with van der Waals surface area (Å²) in [5, 5.41) is -0.239.